The van der Waals surface area contributed by atoms with Crippen molar-refractivity contribution >= 4 is 17.8 Å². The fraction of sp³-hybridized carbons (Fsp3) is 0.550. The predicted molar refractivity (Wildman–Crippen MR) is 97.6 cm³/mol. The van der Waals surface area contributed by atoms with Gasteiger partial charge in [0.1, 0.15) is 5.92 Å². The molecule has 3 aliphatic rings. The van der Waals surface area contributed by atoms with Crippen LogP contribution in [0.15, 0.2) is 24.3 Å². The smallest absolute Gasteiger partial charge is 0.331 e. The van der Waals surface area contributed by atoms with Crippen LogP contribution >= 0.6 is 0 Å². The van der Waals surface area contributed by atoms with Gasteiger partial charge in [-0.3, -0.25) is 19.8 Å². The van der Waals surface area contributed by atoms with Crippen molar-refractivity contribution in [2.24, 2.45) is 11.7 Å². The summed E-state index contributed by atoms with van der Waals surface area (Å²) in [5.41, 5.74) is 8.46. The molecule has 2 saturated heterocycles. The fourth-order valence-electron chi connectivity index (χ4n) is 4.55. The lowest BCUT2D eigenvalue weighted by Gasteiger charge is -2.38. The van der Waals surface area contributed by atoms with Gasteiger partial charge >= 0.3 is 6.03 Å². The molecular formula is C20H25N3O4. The Hall–Kier alpha value is -2.25. The van der Waals surface area contributed by atoms with Gasteiger partial charge in [0.05, 0.1) is 0 Å². The molecule has 7 heteroatoms. The second kappa shape index (κ2) is 7.05. The average Bonchev–Trinajstić information content (AvgIpc) is 3.00. The highest BCUT2D eigenvalue weighted by molar-refractivity contribution is 6.16. The van der Waals surface area contributed by atoms with Crippen LogP contribution in [0.4, 0.5) is 4.79 Å². The van der Waals surface area contributed by atoms with E-state index < -0.39 is 29.3 Å². The zero-order chi connectivity index (χ0) is 19.0. The SMILES string of the molecule is N[C@@]1(CCC2C(=O)NC(=O)N(C3CCOCC3)C2=O)CCc2ccccc21. The van der Waals surface area contributed by atoms with E-state index in [4.69, 9.17) is 10.5 Å². The molecule has 0 aromatic heterocycles. The van der Waals surface area contributed by atoms with E-state index in [0.717, 1.165) is 18.4 Å². The van der Waals surface area contributed by atoms with E-state index in [0.29, 0.717) is 38.9 Å². The van der Waals surface area contributed by atoms with Crippen molar-refractivity contribution in [1.29, 1.82) is 0 Å². The second-order valence-electron chi connectivity index (χ2n) is 7.75. The number of fused-ring (bicyclic) bond motifs is 1. The van der Waals surface area contributed by atoms with Crippen LogP contribution in [0.3, 0.4) is 0 Å². The molecule has 0 radical (unpaired) electrons. The molecule has 1 aromatic carbocycles. The normalized spacial score (nSPS) is 29.0. The molecule has 2 aliphatic heterocycles. The summed E-state index contributed by atoms with van der Waals surface area (Å²) in [6.45, 7) is 1.03. The minimum atomic E-state index is -0.862. The molecule has 4 rings (SSSR count). The first kappa shape index (κ1) is 18.1. The maximum Gasteiger partial charge on any atom is 0.331 e. The van der Waals surface area contributed by atoms with Gasteiger partial charge in [0.15, 0.2) is 0 Å². The van der Waals surface area contributed by atoms with Gasteiger partial charge in [-0.15, -0.1) is 0 Å². The summed E-state index contributed by atoms with van der Waals surface area (Å²) in [5, 5.41) is 2.36. The Labute approximate surface area is 158 Å². The Morgan fingerprint density at radius 1 is 1.19 bits per heavy atom. The molecule has 144 valence electrons. The van der Waals surface area contributed by atoms with Crippen LogP contribution < -0.4 is 11.1 Å². The molecular weight excluding hydrogens is 346 g/mol. The predicted octanol–water partition coefficient (Wildman–Crippen LogP) is 1.44. The number of barbiturate groups is 1. The quantitative estimate of drug-likeness (QED) is 0.780. The van der Waals surface area contributed by atoms with Gasteiger partial charge in [-0.25, -0.2) is 4.79 Å². The van der Waals surface area contributed by atoms with Crippen LogP contribution in [0.5, 0.6) is 0 Å². The van der Waals surface area contributed by atoms with Crippen molar-refractivity contribution in [3.8, 4) is 0 Å². The van der Waals surface area contributed by atoms with E-state index in [1.807, 2.05) is 18.2 Å². The van der Waals surface area contributed by atoms with Gasteiger partial charge in [0.2, 0.25) is 11.8 Å². The lowest BCUT2D eigenvalue weighted by atomic mass is 9.84. The standard InChI is InChI=1S/C20H25N3O4/c21-20(9-5-13-3-1-2-4-16(13)20)10-6-15-17(24)22-19(26)23(18(15)25)14-7-11-27-12-8-14/h1-4,14-15H,5-12,21H2,(H,22,24,26)/t15?,20-/m1/s1. The van der Waals surface area contributed by atoms with Crippen molar-refractivity contribution in [3.63, 3.8) is 0 Å². The van der Waals surface area contributed by atoms with Crippen molar-refractivity contribution < 1.29 is 19.1 Å². The van der Waals surface area contributed by atoms with Crippen LogP contribution in [0, 0.1) is 5.92 Å². The molecule has 0 saturated carbocycles. The van der Waals surface area contributed by atoms with Gasteiger partial charge in [0.25, 0.3) is 0 Å². The molecule has 4 amide bonds. The Morgan fingerprint density at radius 2 is 1.93 bits per heavy atom. The highest BCUT2D eigenvalue weighted by Crippen LogP contribution is 2.39. The Balaban J connectivity index is 1.49. The van der Waals surface area contributed by atoms with Crippen molar-refractivity contribution in [1.82, 2.24) is 10.2 Å². The molecule has 1 unspecified atom stereocenters. The molecule has 7 nitrogen and oxygen atoms in total. The first-order chi connectivity index (χ1) is 13.0. The van der Waals surface area contributed by atoms with Crippen LogP contribution in [-0.4, -0.2) is 42.0 Å². The topological polar surface area (TPSA) is 102 Å². The fourth-order valence-corrected chi connectivity index (χ4v) is 4.55. The monoisotopic (exact) mass is 371 g/mol. The van der Waals surface area contributed by atoms with E-state index in [9.17, 15) is 14.4 Å². The molecule has 27 heavy (non-hydrogen) atoms. The zero-order valence-electron chi connectivity index (χ0n) is 15.3. The molecule has 2 heterocycles. The largest absolute Gasteiger partial charge is 0.381 e. The lowest BCUT2D eigenvalue weighted by Crippen LogP contribution is -2.61. The summed E-state index contributed by atoms with van der Waals surface area (Å²) >= 11 is 0. The van der Waals surface area contributed by atoms with E-state index in [1.165, 1.54) is 10.5 Å². The molecule has 1 aromatic rings. The minimum absolute atomic E-state index is 0.208. The third-order valence-electron chi connectivity index (χ3n) is 6.13. The number of benzene rings is 1. The number of imide groups is 2. The number of ether oxygens (including phenoxy) is 1. The molecule has 3 N–H and O–H groups in total. The summed E-state index contributed by atoms with van der Waals surface area (Å²) in [7, 11) is 0. The number of hydrogen-bond donors (Lipinski definition) is 2. The summed E-state index contributed by atoms with van der Waals surface area (Å²) in [6.07, 6.45) is 3.79. The van der Waals surface area contributed by atoms with Gasteiger partial charge < -0.3 is 10.5 Å². The van der Waals surface area contributed by atoms with Crippen LogP contribution in [-0.2, 0) is 26.3 Å². The number of nitrogens with zero attached hydrogens (tertiary/aromatic N) is 1. The van der Waals surface area contributed by atoms with Crippen LogP contribution in [0.1, 0.15) is 43.2 Å². The molecule has 1 aliphatic carbocycles. The number of amides is 4. The number of hydrogen-bond acceptors (Lipinski definition) is 5. The van der Waals surface area contributed by atoms with Gasteiger partial charge in [-0.05, 0) is 49.7 Å². The number of urea groups is 1. The molecule has 2 fully saturated rings. The van der Waals surface area contributed by atoms with Gasteiger partial charge in [-0.1, -0.05) is 24.3 Å². The molecule has 0 spiro atoms. The zero-order valence-corrected chi connectivity index (χ0v) is 15.3. The summed E-state index contributed by atoms with van der Waals surface area (Å²) in [5.74, 6) is -1.77. The number of nitrogens with two attached hydrogens (primary N) is 1. The third kappa shape index (κ3) is 3.26. The Kier molecular flexibility index (Phi) is 4.74. The molecule has 0 bridgehead atoms. The van der Waals surface area contributed by atoms with E-state index in [1.54, 1.807) is 0 Å². The number of carbonyl (C=O) groups excluding carboxylic acids is 3. The van der Waals surface area contributed by atoms with E-state index in [2.05, 4.69) is 11.4 Å². The second-order valence-corrected chi connectivity index (χ2v) is 7.75. The van der Waals surface area contributed by atoms with Crippen molar-refractivity contribution in [3.05, 3.63) is 35.4 Å². The highest BCUT2D eigenvalue weighted by atomic mass is 16.5. The first-order valence-electron chi connectivity index (χ1n) is 9.62. The maximum atomic E-state index is 13.0. The molecule has 2 atom stereocenters. The van der Waals surface area contributed by atoms with Crippen molar-refractivity contribution in [2.75, 3.05) is 13.2 Å². The number of rotatable bonds is 4. The summed E-state index contributed by atoms with van der Waals surface area (Å²) in [4.78, 5) is 38.8. The highest BCUT2D eigenvalue weighted by Gasteiger charge is 2.45. The Morgan fingerprint density at radius 3 is 2.70 bits per heavy atom. The van der Waals surface area contributed by atoms with Crippen molar-refractivity contribution in [2.45, 2.75) is 50.1 Å². The van der Waals surface area contributed by atoms with Gasteiger partial charge in [-0.2, -0.15) is 0 Å². The number of carbonyl (C=O) groups is 3. The average molecular weight is 371 g/mol. The number of aryl methyl sites for hydroxylation is 1. The van der Waals surface area contributed by atoms with Gasteiger partial charge in [0, 0.05) is 24.8 Å². The lowest BCUT2D eigenvalue weighted by molar-refractivity contribution is -0.145. The van der Waals surface area contributed by atoms with E-state index in [-0.39, 0.29) is 6.04 Å². The maximum absolute atomic E-state index is 13.0. The van der Waals surface area contributed by atoms with Crippen LogP contribution in [0.2, 0.25) is 0 Å². The number of nitrogens with one attached hydrogen (secondary N) is 1. The summed E-state index contributed by atoms with van der Waals surface area (Å²) in [6, 6.07) is 7.26. The minimum Gasteiger partial charge on any atom is -0.381 e. The van der Waals surface area contributed by atoms with Crippen LogP contribution in [0.25, 0.3) is 0 Å². The summed E-state index contributed by atoms with van der Waals surface area (Å²) < 4.78 is 5.32. The first-order valence-corrected chi connectivity index (χ1v) is 9.62. The van der Waals surface area contributed by atoms with E-state index >= 15 is 0 Å². The Bertz CT molecular complexity index is 774. The third-order valence-corrected chi connectivity index (χ3v) is 6.13.